The summed E-state index contributed by atoms with van der Waals surface area (Å²) in [5, 5.41) is 3.08. The molecule has 1 aliphatic carbocycles. The molecule has 1 unspecified atom stereocenters. The average molecular weight is 294 g/mol. The molecule has 0 spiro atoms. The van der Waals surface area contributed by atoms with Gasteiger partial charge in [-0.3, -0.25) is 9.59 Å². The minimum absolute atomic E-state index is 0.0522. The number of rotatable bonds is 4. The molecule has 4 heteroatoms. The molecule has 0 radical (unpaired) electrons. The lowest BCUT2D eigenvalue weighted by Gasteiger charge is -2.51. The van der Waals surface area contributed by atoms with Gasteiger partial charge in [0, 0.05) is 6.04 Å². The standard InChI is InChI=1S/C17H30N2O2/c1-5-17(6-2)16(21)18-14(13-10-8-7-9-11-13)15(20)19(17)12(3)4/h12-14H,5-11H2,1-4H3,(H,18,21). The van der Waals surface area contributed by atoms with Gasteiger partial charge in [-0.15, -0.1) is 0 Å². The first-order valence-electron chi connectivity index (χ1n) is 8.62. The van der Waals surface area contributed by atoms with Gasteiger partial charge in [0.25, 0.3) is 0 Å². The average Bonchev–Trinajstić information content (AvgIpc) is 2.49. The van der Waals surface area contributed by atoms with E-state index in [0.717, 1.165) is 12.8 Å². The number of amides is 2. The van der Waals surface area contributed by atoms with Crippen LogP contribution in [0.5, 0.6) is 0 Å². The molecule has 0 bridgehead atoms. The summed E-state index contributed by atoms with van der Waals surface area (Å²) in [5.41, 5.74) is -0.656. The number of hydrogen-bond acceptors (Lipinski definition) is 2. The minimum Gasteiger partial charge on any atom is -0.342 e. The van der Waals surface area contributed by atoms with Gasteiger partial charge >= 0.3 is 0 Å². The quantitative estimate of drug-likeness (QED) is 0.866. The number of carbonyl (C=O) groups excluding carboxylic acids is 2. The van der Waals surface area contributed by atoms with Crippen molar-refractivity contribution in [3.63, 3.8) is 0 Å². The minimum atomic E-state index is -0.656. The summed E-state index contributed by atoms with van der Waals surface area (Å²) in [4.78, 5) is 27.7. The maximum Gasteiger partial charge on any atom is 0.246 e. The topological polar surface area (TPSA) is 49.4 Å². The summed E-state index contributed by atoms with van der Waals surface area (Å²) in [6.07, 6.45) is 7.10. The summed E-state index contributed by atoms with van der Waals surface area (Å²) < 4.78 is 0. The molecule has 0 aromatic carbocycles. The Labute approximate surface area is 128 Å². The molecule has 1 atom stereocenters. The lowest BCUT2D eigenvalue weighted by molar-refractivity contribution is -0.163. The van der Waals surface area contributed by atoms with Crippen molar-refractivity contribution in [1.82, 2.24) is 10.2 Å². The molecule has 21 heavy (non-hydrogen) atoms. The van der Waals surface area contributed by atoms with Crippen LogP contribution in [0.3, 0.4) is 0 Å². The first kappa shape index (κ1) is 16.3. The third-order valence-corrected chi connectivity index (χ3v) is 5.48. The van der Waals surface area contributed by atoms with Crippen LogP contribution in [0, 0.1) is 5.92 Å². The molecule has 0 aromatic heterocycles. The Morgan fingerprint density at radius 3 is 2.19 bits per heavy atom. The van der Waals surface area contributed by atoms with E-state index in [-0.39, 0.29) is 23.9 Å². The molecule has 120 valence electrons. The van der Waals surface area contributed by atoms with Crippen LogP contribution in [0.15, 0.2) is 0 Å². The van der Waals surface area contributed by atoms with Crippen LogP contribution in [0.4, 0.5) is 0 Å². The Kier molecular flexibility index (Phi) is 4.95. The van der Waals surface area contributed by atoms with Crippen LogP contribution in [0.25, 0.3) is 0 Å². The van der Waals surface area contributed by atoms with E-state index in [4.69, 9.17) is 0 Å². The molecule has 1 aliphatic heterocycles. The second-order valence-corrected chi connectivity index (χ2v) is 6.89. The summed E-state index contributed by atoms with van der Waals surface area (Å²) >= 11 is 0. The van der Waals surface area contributed by atoms with Crippen LogP contribution in [-0.4, -0.2) is 34.3 Å². The van der Waals surface area contributed by atoms with Crippen LogP contribution in [-0.2, 0) is 9.59 Å². The van der Waals surface area contributed by atoms with E-state index in [9.17, 15) is 9.59 Å². The molecule has 1 saturated carbocycles. The lowest BCUT2D eigenvalue weighted by atomic mass is 9.78. The molecule has 1 heterocycles. The van der Waals surface area contributed by atoms with Gasteiger partial charge in [0.05, 0.1) is 0 Å². The molecule has 1 saturated heterocycles. The third kappa shape index (κ3) is 2.69. The van der Waals surface area contributed by atoms with E-state index >= 15 is 0 Å². The Hall–Kier alpha value is -1.06. The van der Waals surface area contributed by atoms with Crippen molar-refractivity contribution < 1.29 is 9.59 Å². The van der Waals surface area contributed by atoms with E-state index in [1.165, 1.54) is 19.3 Å². The first-order valence-corrected chi connectivity index (χ1v) is 8.62. The van der Waals surface area contributed by atoms with Crippen LogP contribution in [0.2, 0.25) is 0 Å². The fourth-order valence-electron chi connectivity index (χ4n) is 4.26. The highest BCUT2D eigenvalue weighted by Crippen LogP contribution is 2.35. The molecule has 1 N–H and O–H groups in total. The zero-order chi connectivity index (χ0) is 15.6. The Morgan fingerprint density at radius 1 is 1.14 bits per heavy atom. The molecular weight excluding hydrogens is 264 g/mol. The van der Waals surface area contributed by atoms with E-state index in [0.29, 0.717) is 18.8 Å². The molecule has 0 aromatic rings. The monoisotopic (exact) mass is 294 g/mol. The zero-order valence-electron chi connectivity index (χ0n) is 13.9. The third-order valence-electron chi connectivity index (χ3n) is 5.48. The highest BCUT2D eigenvalue weighted by atomic mass is 16.2. The van der Waals surface area contributed by atoms with Gasteiger partial charge < -0.3 is 10.2 Å². The van der Waals surface area contributed by atoms with Gasteiger partial charge in [-0.2, -0.15) is 0 Å². The number of nitrogens with zero attached hydrogens (tertiary/aromatic N) is 1. The van der Waals surface area contributed by atoms with Gasteiger partial charge in [-0.25, -0.2) is 0 Å². The van der Waals surface area contributed by atoms with Gasteiger partial charge in [-0.1, -0.05) is 33.1 Å². The van der Waals surface area contributed by atoms with Crippen LogP contribution >= 0.6 is 0 Å². The zero-order valence-corrected chi connectivity index (χ0v) is 13.9. The van der Waals surface area contributed by atoms with Gasteiger partial charge in [0.15, 0.2) is 0 Å². The van der Waals surface area contributed by atoms with Crippen molar-refractivity contribution >= 4 is 11.8 Å². The maximum atomic E-state index is 13.1. The number of piperazine rings is 1. The predicted octanol–water partition coefficient (Wildman–Crippen LogP) is 2.86. The van der Waals surface area contributed by atoms with Crippen molar-refractivity contribution in [2.24, 2.45) is 5.92 Å². The Morgan fingerprint density at radius 2 is 1.71 bits per heavy atom. The van der Waals surface area contributed by atoms with E-state index in [1.54, 1.807) is 0 Å². The molecule has 2 aliphatic rings. The van der Waals surface area contributed by atoms with Crippen LogP contribution in [0.1, 0.15) is 72.6 Å². The number of nitrogens with one attached hydrogen (secondary N) is 1. The maximum absolute atomic E-state index is 13.1. The van der Waals surface area contributed by atoms with Crippen molar-refractivity contribution in [1.29, 1.82) is 0 Å². The first-order chi connectivity index (χ1) is 9.97. The van der Waals surface area contributed by atoms with Gasteiger partial charge in [0.1, 0.15) is 11.6 Å². The molecule has 4 nitrogen and oxygen atoms in total. The van der Waals surface area contributed by atoms with Gasteiger partial charge in [-0.05, 0) is 45.4 Å². The number of hydrogen-bond donors (Lipinski definition) is 1. The summed E-state index contributed by atoms with van der Waals surface area (Å²) in [6.45, 7) is 8.06. The SMILES string of the molecule is CCC1(CC)C(=O)NC(C2CCCCC2)C(=O)N1C(C)C. The van der Waals surface area contributed by atoms with Crippen molar-refractivity contribution in [2.45, 2.75) is 90.3 Å². The van der Waals surface area contributed by atoms with Crippen molar-refractivity contribution in [3.05, 3.63) is 0 Å². The highest BCUT2D eigenvalue weighted by molar-refractivity contribution is 6.00. The fraction of sp³-hybridized carbons (Fsp3) is 0.882. The van der Waals surface area contributed by atoms with E-state index in [2.05, 4.69) is 5.32 Å². The molecule has 2 fully saturated rings. The smallest absolute Gasteiger partial charge is 0.246 e. The summed E-state index contributed by atoms with van der Waals surface area (Å²) in [6, 6.07) is -0.235. The van der Waals surface area contributed by atoms with E-state index < -0.39 is 5.54 Å². The molecular formula is C17H30N2O2. The van der Waals surface area contributed by atoms with Gasteiger partial charge in [0.2, 0.25) is 11.8 Å². The second kappa shape index (κ2) is 6.37. The lowest BCUT2D eigenvalue weighted by Crippen LogP contribution is -2.73. The number of carbonyl (C=O) groups is 2. The Balaban J connectivity index is 2.31. The van der Waals surface area contributed by atoms with E-state index in [1.807, 2.05) is 32.6 Å². The van der Waals surface area contributed by atoms with Crippen LogP contribution < -0.4 is 5.32 Å². The Bertz CT molecular complexity index is 396. The predicted molar refractivity (Wildman–Crippen MR) is 83.8 cm³/mol. The summed E-state index contributed by atoms with van der Waals surface area (Å²) in [7, 11) is 0. The fourth-order valence-corrected chi connectivity index (χ4v) is 4.26. The molecule has 2 amide bonds. The molecule has 2 rings (SSSR count). The largest absolute Gasteiger partial charge is 0.342 e. The second-order valence-electron chi connectivity index (χ2n) is 6.89. The highest BCUT2D eigenvalue weighted by Gasteiger charge is 2.52. The summed E-state index contributed by atoms with van der Waals surface area (Å²) in [5.74, 6) is 0.514. The van der Waals surface area contributed by atoms with Crippen molar-refractivity contribution in [3.8, 4) is 0 Å². The normalized spacial score (nSPS) is 27.1. The van der Waals surface area contributed by atoms with Crippen molar-refractivity contribution in [2.75, 3.05) is 0 Å².